The summed E-state index contributed by atoms with van der Waals surface area (Å²) in [7, 11) is 0. The molecule has 1 atom stereocenters. The van der Waals surface area contributed by atoms with E-state index in [1.807, 2.05) is 6.26 Å². The Hall–Kier alpha value is -1.54. The third-order valence-corrected chi connectivity index (χ3v) is 4.77. The number of rotatable bonds is 9. The Labute approximate surface area is 159 Å². The Kier molecular flexibility index (Phi) is 7.77. The Morgan fingerprint density at radius 3 is 2.56 bits per heavy atom. The van der Waals surface area contributed by atoms with Crippen molar-refractivity contribution in [2.24, 2.45) is 0 Å². The Balaban J connectivity index is 1.89. The summed E-state index contributed by atoms with van der Waals surface area (Å²) >= 11 is 4.88. The van der Waals surface area contributed by atoms with Crippen LogP contribution in [-0.2, 0) is 14.3 Å². The fourth-order valence-corrected chi connectivity index (χ4v) is 2.80. The van der Waals surface area contributed by atoms with Crippen molar-refractivity contribution in [2.75, 3.05) is 18.6 Å². The molecule has 0 radical (unpaired) electrons. The maximum Gasteiger partial charge on any atom is 0.329 e. The molecule has 2 rings (SSSR count). The maximum absolute atomic E-state index is 12.3. The number of ether oxygens (including phenoxy) is 1. The van der Waals surface area contributed by atoms with Crippen LogP contribution in [0.25, 0.3) is 0 Å². The molecule has 1 aliphatic rings. The third-order valence-electron chi connectivity index (χ3n) is 3.59. The molecule has 2 amide bonds. The number of nitrogens with one attached hydrogen (secondary N) is 2. The highest BCUT2D eigenvalue weighted by Crippen LogP contribution is 2.18. The summed E-state index contributed by atoms with van der Waals surface area (Å²) in [5.41, 5.74) is 0.455. The molecule has 1 aromatic rings. The Morgan fingerprint density at radius 2 is 1.96 bits per heavy atom. The van der Waals surface area contributed by atoms with E-state index in [-0.39, 0.29) is 24.5 Å². The van der Waals surface area contributed by atoms with E-state index in [0.29, 0.717) is 17.7 Å². The number of carbonyl (C=O) groups excluding carboxylic acids is 3. The van der Waals surface area contributed by atoms with Crippen LogP contribution in [0.2, 0.25) is 0 Å². The molecule has 0 heterocycles. The molecule has 0 saturated heterocycles. The van der Waals surface area contributed by atoms with Crippen LogP contribution >= 0.6 is 27.7 Å². The van der Waals surface area contributed by atoms with Crippen LogP contribution in [0.3, 0.4) is 0 Å². The minimum absolute atomic E-state index is 0.218. The largest absolute Gasteiger partial charge is 0.454 e. The molecular formula is C17H21BrN2O4S. The first-order valence-corrected chi connectivity index (χ1v) is 10.2. The predicted molar refractivity (Wildman–Crippen MR) is 101 cm³/mol. The zero-order valence-corrected chi connectivity index (χ0v) is 16.3. The number of halogens is 1. The summed E-state index contributed by atoms with van der Waals surface area (Å²) in [5.74, 6) is -0.559. The fourth-order valence-electron chi connectivity index (χ4n) is 2.06. The average molecular weight is 429 g/mol. The molecule has 2 N–H and O–H groups in total. The second-order valence-electron chi connectivity index (χ2n) is 5.76. The number of hydrogen-bond acceptors (Lipinski definition) is 5. The van der Waals surface area contributed by atoms with Gasteiger partial charge < -0.3 is 15.4 Å². The molecule has 0 spiro atoms. The van der Waals surface area contributed by atoms with Crippen molar-refractivity contribution in [3.8, 4) is 0 Å². The molecule has 1 aliphatic carbocycles. The van der Waals surface area contributed by atoms with Crippen molar-refractivity contribution in [1.29, 1.82) is 0 Å². The summed E-state index contributed by atoms with van der Waals surface area (Å²) in [4.78, 5) is 36.2. The predicted octanol–water partition coefficient (Wildman–Crippen LogP) is 2.12. The molecule has 1 aromatic carbocycles. The van der Waals surface area contributed by atoms with Gasteiger partial charge in [0.2, 0.25) is 0 Å². The van der Waals surface area contributed by atoms with E-state index in [9.17, 15) is 14.4 Å². The number of esters is 1. The SMILES string of the molecule is CSCC[C@H](NC(=O)c1ccc(Br)cc1)C(=O)OCC(=O)NC1CC1. The Morgan fingerprint density at radius 1 is 1.28 bits per heavy atom. The lowest BCUT2D eigenvalue weighted by Gasteiger charge is -2.17. The Bertz CT molecular complexity index is 620. The standard InChI is InChI=1S/C17H21BrN2O4S/c1-25-9-8-14(17(23)24-10-15(21)19-13-6-7-13)20-16(22)11-2-4-12(18)5-3-11/h2-5,13-14H,6-10H2,1H3,(H,19,21)(H,20,22)/t14-/m0/s1. The molecule has 0 aromatic heterocycles. The first-order chi connectivity index (χ1) is 12.0. The average Bonchev–Trinajstić information content (AvgIpc) is 3.40. The third kappa shape index (κ3) is 7.07. The molecule has 8 heteroatoms. The minimum Gasteiger partial charge on any atom is -0.454 e. The van der Waals surface area contributed by atoms with Gasteiger partial charge in [0.05, 0.1) is 0 Å². The van der Waals surface area contributed by atoms with Gasteiger partial charge >= 0.3 is 5.97 Å². The molecule has 1 fully saturated rings. The number of carbonyl (C=O) groups is 3. The van der Waals surface area contributed by atoms with E-state index < -0.39 is 12.0 Å². The van der Waals surface area contributed by atoms with Gasteiger partial charge in [0.15, 0.2) is 6.61 Å². The number of thioether (sulfide) groups is 1. The zero-order valence-electron chi connectivity index (χ0n) is 13.9. The van der Waals surface area contributed by atoms with Crippen LogP contribution in [0.4, 0.5) is 0 Å². The van der Waals surface area contributed by atoms with Crippen molar-refractivity contribution in [3.05, 3.63) is 34.3 Å². The van der Waals surface area contributed by atoms with E-state index in [2.05, 4.69) is 26.6 Å². The molecule has 0 bridgehead atoms. The maximum atomic E-state index is 12.3. The van der Waals surface area contributed by atoms with Gasteiger partial charge in [0, 0.05) is 16.1 Å². The lowest BCUT2D eigenvalue weighted by molar-refractivity contribution is -0.150. The number of amides is 2. The summed E-state index contributed by atoms with van der Waals surface area (Å²) in [6.45, 7) is -0.320. The van der Waals surface area contributed by atoms with E-state index in [4.69, 9.17) is 4.74 Å². The monoisotopic (exact) mass is 428 g/mol. The highest BCUT2D eigenvalue weighted by atomic mass is 79.9. The van der Waals surface area contributed by atoms with Crippen molar-refractivity contribution < 1.29 is 19.1 Å². The molecule has 0 aliphatic heterocycles. The minimum atomic E-state index is -0.780. The van der Waals surface area contributed by atoms with Crippen molar-refractivity contribution >= 4 is 45.5 Å². The molecule has 136 valence electrons. The van der Waals surface area contributed by atoms with Gasteiger partial charge in [-0.2, -0.15) is 11.8 Å². The second kappa shape index (κ2) is 9.82. The van der Waals surface area contributed by atoms with Gasteiger partial charge in [-0.05, 0) is 55.5 Å². The molecule has 25 heavy (non-hydrogen) atoms. The fraction of sp³-hybridized carbons (Fsp3) is 0.471. The van der Waals surface area contributed by atoms with Gasteiger partial charge in [-0.25, -0.2) is 4.79 Å². The number of hydrogen-bond donors (Lipinski definition) is 2. The quantitative estimate of drug-likeness (QED) is 0.588. The van der Waals surface area contributed by atoms with Crippen LogP contribution in [-0.4, -0.2) is 48.5 Å². The van der Waals surface area contributed by atoms with Gasteiger partial charge in [-0.1, -0.05) is 15.9 Å². The van der Waals surface area contributed by atoms with E-state index in [1.54, 1.807) is 36.0 Å². The molecule has 1 saturated carbocycles. The van der Waals surface area contributed by atoms with Crippen LogP contribution in [0.1, 0.15) is 29.6 Å². The van der Waals surface area contributed by atoms with Gasteiger partial charge in [-0.15, -0.1) is 0 Å². The molecule has 0 unspecified atom stereocenters. The normalized spacial score (nSPS) is 14.5. The highest BCUT2D eigenvalue weighted by Gasteiger charge is 2.26. The van der Waals surface area contributed by atoms with Crippen LogP contribution in [0, 0.1) is 0 Å². The van der Waals surface area contributed by atoms with Crippen LogP contribution in [0.15, 0.2) is 28.7 Å². The van der Waals surface area contributed by atoms with Crippen LogP contribution in [0.5, 0.6) is 0 Å². The summed E-state index contributed by atoms with van der Waals surface area (Å²) < 4.78 is 5.93. The van der Waals surface area contributed by atoms with Crippen molar-refractivity contribution in [3.63, 3.8) is 0 Å². The summed E-state index contributed by atoms with van der Waals surface area (Å²) in [5, 5.41) is 5.44. The van der Waals surface area contributed by atoms with Crippen LogP contribution < -0.4 is 10.6 Å². The lowest BCUT2D eigenvalue weighted by Crippen LogP contribution is -2.43. The van der Waals surface area contributed by atoms with E-state index in [1.165, 1.54) is 0 Å². The smallest absolute Gasteiger partial charge is 0.329 e. The molecule has 6 nitrogen and oxygen atoms in total. The van der Waals surface area contributed by atoms with Crippen molar-refractivity contribution in [2.45, 2.75) is 31.3 Å². The second-order valence-corrected chi connectivity index (χ2v) is 7.67. The van der Waals surface area contributed by atoms with Gasteiger partial charge in [0.25, 0.3) is 11.8 Å². The summed E-state index contributed by atoms with van der Waals surface area (Å²) in [6, 6.07) is 6.28. The van der Waals surface area contributed by atoms with Gasteiger partial charge in [-0.3, -0.25) is 9.59 Å². The first-order valence-electron chi connectivity index (χ1n) is 8.01. The zero-order chi connectivity index (χ0) is 18.2. The lowest BCUT2D eigenvalue weighted by atomic mass is 10.1. The van der Waals surface area contributed by atoms with E-state index >= 15 is 0 Å². The van der Waals surface area contributed by atoms with E-state index in [0.717, 1.165) is 17.3 Å². The number of benzene rings is 1. The molecular weight excluding hydrogens is 408 g/mol. The van der Waals surface area contributed by atoms with Crippen molar-refractivity contribution in [1.82, 2.24) is 10.6 Å². The first kappa shape index (κ1) is 19.8. The highest BCUT2D eigenvalue weighted by molar-refractivity contribution is 9.10. The topological polar surface area (TPSA) is 84.5 Å². The summed E-state index contributed by atoms with van der Waals surface area (Å²) in [6.07, 6.45) is 4.30. The van der Waals surface area contributed by atoms with Gasteiger partial charge in [0.1, 0.15) is 6.04 Å².